The standard InChI is InChI=1S/C15H15FN4/c1-11-7-9-20-14(10-11)18-15(19-20)17-8-6-12-4-2-3-5-13(12)16/h2-5,7,9-10H,6,8H2,1H3,(H,17,19). The fraction of sp³-hybridized carbons (Fsp3) is 0.200. The third kappa shape index (κ3) is 2.61. The van der Waals surface area contributed by atoms with Crippen LogP contribution in [0.3, 0.4) is 0 Å². The molecule has 3 rings (SSSR count). The van der Waals surface area contributed by atoms with Gasteiger partial charge in [-0.25, -0.2) is 8.91 Å². The number of pyridine rings is 1. The van der Waals surface area contributed by atoms with Crippen LogP contribution in [0.1, 0.15) is 11.1 Å². The van der Waals surface area contributed by atoms with E-state index in [1.54, 1.807) is 16.6 Å². The quantitative estimate of drug-likeness (QED) is 0.792. The van der Waals surface area contributed by atoms with Crippen LogP contribution in [0.15, 0.2) is 42.6 Å². The molecule has 102 valence electrons. The summed E-state index contributed by atoms with van der Waals surface area (Å²) >= 11 is 0. The lowest BCUT2D eigenvalue weighted by Gasteiger charge is -2.03. The van der Waals surface area contributed by atoms with Crippen molar-refractivity contribution < 1.29 is 4.39 Å². The van der Waals surface area contributed by atoms with Gasteiger partial charge in [-0.15, -0.1) is 5.10 Å². The summed E-state index contributed by atoms with van der Waals surface area (Å²) in [4.78, 5) is 4.37. The summed E-state index contributed by atoms with van der Waals surface area (Å²) < 4.78 is 15.2. The Kier molecular flexibility index (Phi) is 3.33. The van der Waals surface area contributed by atoms with E-state index in [1.807, 2.05) is 31.3 Å². The van der Waals surface area contributed by atoms with Gasteiger partial charge in [-0.2, -0.15) is 4.98 Å². The topological polar surface area (TPSA) is 42.2 Å². The summed E-state index contributed by atoms with van der Waals surface area (Å²) in [6.07, 6.45) is 2.47. The Morgan fingerprint density at radius 3 is 2.95 bits per heavy atom. The molecular weight excluding hydrogens is 255 g/mol. The Morgan fingerprint density at radius 1 is 1.25 bits per heavy atom. The summed E-state index contributed by atoms with van der Waals surface area (Å²) in [6, 6.07) is 10.7. The fourth-order valence-electron chi connectivity index (χ4n) is 2.07. The zero-order valence-electron chi connectivity index (χ0n) is 11.2. The van der Waals surface area contributed by atoms with Gasteiger partial charge >= 0.3 is 0 Å². The molecule has 1 aromatic carbocycles. The van der Waals surface area contributed by atoms with E-state index in [-0.39, 0.29) is 5.82 Å². The summed E-state index contributed by atoms with van der Waals surface area (Å²) in [5, 5.41) is 7.43. The van der Waals surface area contributed by atoms with Gasteiger partial charge < -0.3 is 5.32 Å². The van der Waals surface area contributed by atoms with Gasteiger partial charge in [0.1, 0.15) is 5.82 Å². The van der Waals surface area contributed by atoms with E-state index >= 15 is 0 Å². The second-order valence-corrected chi connectivity index (χ2v) is 4.71. The van der Waals surface area contributed by atoms with Crippen molar-refractivity contribution in [1.82, 2.24) is 14.6 Å². The van der Waals surface area contributed by atoms with Crippen LogP contribution in [0, 0.1) is 12.7 Å². The maximum absolute atomic E-state index is 13.5. The highest BCUT2D eigenvalue weighted by molar-refractivity contribution is 5.45. The normalized spacial score (nSPS) is 10.9. The Balaban J connectivity index is 1.67. The second-order valence-electron chi connectivity index (χ2n) is 4.71. The van der Waals surface area contributed by atoms with Crippen molar-refractivity contribution in [2.45, 2.75) is 13.3 Å². The maximum atomic E-state index is 13.5. The first kappa shape index (κ1) is 12.6. The maximum Gasteiger partial charge on any atom is 0.243 e. The van der Waals surface area contributed by atoms with Crippen LogP contribution < -0.4 is 5.32 Å². The lowest BCUT2D eigenvalue weighted by Crippen LogP contribution is -2.07. The van der Waals surface area contributed by atoms with E-state index in [0.717, 1.165) is 11.2 Å². The smallest absolute Gasteiger partial charge is 0.243 e. The second kappa shape index (κ2) is 5.28. The number of fused-ring (bicyclic) bond motifs is 1. The number of rotatable bonds is 4. The molecule has 1 N–H and O–H groups in total. The first-order valence-corrected chi connectivity index (χ1v) is 6.53. The number of benzene rings is 1. The average molecular weight is 270 g/mol. The molecule has 0 bridgehead atoms. The molecule has 0 amide bonds. The lowest BCUT2D eigenvalue weighted by molar-refractivity contribution is 0.610. The van der Waals surface area contributed by atoms with Gasteiger partial charge in [0.15, 0.2) is 5.65 Å². The monoisotopic (exact) mass is 270 g/mol. The van der Waals surface area contributed by atoms with E-state index in [9.17, 15) is 4.39 Å². The molecule has 5 heteroatoms. The van der Waals surface area contributed by atoms with Gasteiger partial charge in [-0.1, -0.05) is 18.2 Å². The fourth-order valence-corrected chi connectivity index (χ4v) is 2.07. The number of aryl methyl sites for hydroxylation is 1. The molecule has 0 unspecified atom stereocenters. The van der Waals surface area contributed by atoms with E-state index in [4.69, 9.17) is 0 Å². The lowest BCUT2D eigenvalue weighted by atomic mass is 10.1. The summed E-state index contributed by atoms with van der Waals surface area (Å²) in [6.45, 7) is 2.61. The third-order valence-corrected chi connectivity index (χ3v) is 3.13. The number of aromatic nitrogens is 3. The van der Waals surface area contributed by atoms with Gasteiger partial charge in [0.25, 0.3) is 0 Å². The molecule has 4 nitrogen and oxygen atoms in total. The first-order valence-electron chi connectivity index (χ1n) is 6.53. The number of hydrogen-bond donors (Lipinski definition) is 1. The van der Waals surface area contributed by atoms with E-state index in [2.05, 4.69) is 15.4 Å². The highest BCUT2D eigenvalue weighted by Crippen LogP contribution is 2.09. The minimum Gasteiger partial charge on any atom is -0.353 e. The molecule has 0 aliphatic carbocycles. The third-order valence-electron chi connectivity index (χ3n) is 3.13. The molecule has 20 heavy (non-hydrogen) atoms. The van der Waals surface area contributed by atoms with Gasteiger partial charge in [0.05, 0.1) is 0 Å². The molecular formula is C15H15FN4. The number of nitrogens with one attached hydrogen (secondary N) is 1. The van der Waals surface area contributed by atoms with E-state index in [0.29, 0.717) is 24.5 Å². The predicted molar refractivity (Wildman–Crippen MR) is 76.3 cm³/mol. The van der Waals surface area contributed by atoms with Crippen molar-refractivity contribution >= 4 is 11.6 Å². The zero-order chi connectivity index (χ0) is 13.9. The SMILES string of the molecule is Cc1ccn2nc(NCCc3ccccc3F)nc2c1. The van der Waals surface area contributed by atoms with E-state index in [1.165, 1.54) is 6.07 Å². The Labute approximate surface area is 116 Å². The number of halogens is 1. The van der Waals surface area contributed by atoms with Crippen molar-refractivity contribution in [3.05, 3.63) is 59.5 Å². The van der Waals surface area contributed by atoms with Crippen LogP contribution in [-0.4, -0.2) is 21.1 Å². The van der Waals surface area contributed by atoms with Crippen LogP contribution in [0.5, 0.6) is 0 Å². The molecule has 0 radical (unpaired) electrons. The molecule has 3 aromatic rings. The Morgan fingerprint density at radius 2 is 2.10 bits per heavy atom. The van der Waals surface area contributed by atoms with Crippen molar-refractivity contribution in [1.29, 1.82) is 0 Å². The molecule has 0 fully saturated rings. The van der Waals surface area contributed by atoms with Crippen molar-refractivity contribution in [3.63, 3.8) is 0 Å². The summed E-state index contributed by atoms with van der Waals surface area (Å²) in [5.74, 6) is 0.389. The number of anilines is 1. The van der Waals surface area contributed by atoms with Crippen molar-refractivity contribution in [2.75, 3.05) is 11.9 Å². The zero-order valence-corrected chi connectivity index (χ0v) is 11.2. The van der Waals surface area contributed by atoms with Crippen LogP contribution in [0.25, 0.3) is 5.65 Å². The van der Waals surface area contributed by atoms with Crippen LogP contribution in [0.2, 0.25) is 0 Å². The molecule has 0 saturated carbocycles. The Hall–Kier alpha value is -2.43. The van der Waals surface area contributed by atoms with Gasteiger partial charge in [0.2, 0.25) is 5.95 Å². The van der Waals surface area contributed by atoms with Crippen LogP contribution >= 0.6 is 0 Å². The van der Waals surface area contributed by atoms with Gasteiger partial charge in [0, 0.05) is 12.7 Å². The molecule has 0 aliphatic rings. The van der Waals surface area contributed by atoms with Crippen molar-refractivity contribution in [2.24, 2.45) is 0 Å². The summed E-state index contributed by atoms with van der Waals surface area (Å²) in [7, 11) is 0. The minimum absolute atomic E-state index is 0.173. The number of nitrogens with zero attached hydrogens (tertiary/aromatic N) is 3. The highest BCUT2D eigenvalue weighted by Gasteiger charge is 2.04. The molecule has 0 saturated heterocycles. The van der Waals surface area contributed by atoms with E-state index < -0.39 is 0 Å². The minimum atomic E-state index is -0.173. The predicted octanol–water partition coefficient (Wildman–Crippen LogP) is 2.83. The van der Waals surface area contributed by atoms with Gasteiger partial charge in [-0.05, 0) is 42.7 Å². The van der Waals surface area contributed by atoms with Crippen LogP contribution in [0.4, 0.5) is 10.3 Å². The molecule has 2 heterocycles. The first-order chi connectivity index (χ1) is 9.72. The molecule has 0 atom stereocenters. The average Bonchev–Trinajstić information content (AvgIpc) is 2.83. The van der Waals surface area contributed by atoms with Crippen molar-refractivity contribution in [3.8, 4) is 0 Å². The summed E-state index contributed by atoms with van der Waals surface area (Å²) in [5.41, 5.74) is 2.64. The molecule has 0 aliphatic heterocycles. The number of hydrogen-bond acceptors (Lipinski definition) is 3. The van der Waals surface area contributed by atoms with Gasteiger partial charge in [-0.3, -0.25) is 0 Å². The Bertz CT molecular complexity index is 736. The largest absolute Gasteiger partial charge is 0.353 e. The molecule has 2 aromatic heterocycles. The highest BCUT2D eigenvalue weighted by atomic mass is 19.1. The van der Waals surface area contributed by atoms with Crippen LogP contribution in [-0.2, 0) is 6.42 Å². The molecule has 0 spiro atoms.